The van der Waals surface area contributed by atoms with Gasteiger partial charge >= 0.3 is 5.92 Å². The predicted molar refractivity (Wildman–Crippen MR) is 125 cm³/mol. The maximum absolute atomic E-state index is 14.1. The Morgan fingerprint density at radius 3 is 2.68 bits per heavy atom. The summed E-state index contributed by atoms with van der Waals surface area (Å²) in [6.45, 7) is 2.25. The van der Waals surface area contributed by atoms with E-state index < -0.39 is 30.4 Å². The van der Waals surface area contributed by atoms with E-state index in [-0.39, 0.29) is 12.5 Å². The third kappa shape index (κ3) is 7.68. The largest absolute Gasteiger partial charge is 0.389 e. The number of amides is 1. The highest BCUT2D eigenvalue weighted by Gasteiger charge is 2.52. The minimum Gasteiger partial charge on any atom is -0.389 e. The lowest BCUT2D eigenvalue weighted by molar-refractivity contribution is -0.148. The third-order valence-electron chi connectivity index (χ3n) is 6.46. The summed E-state index contributed by atoms with van der Waals surface area (Å²) < 4.78 is 28.3. The molecule has 34 heavy (non-hydrogen) atoms. The molecule has 1 unspecified atom stereocenters. The number of hydrogen-bond donors (Lipinski definition) is 2. The molecule has 0 aliphatic carbocycles. The van der Waals surface area contributed by atoms with Crippen molar-refractivity contribution in [3.05, 3.63) is 53.9 Å². The maximum Gasteiger partial charge on any atom is 0.327 e. The standard InChI is InChI=1S/C25H35F2N5O2/c1-19(10-9-13-20-11-5-4-6-12-20)22(33)16-15-21-18-25(26,27)24(34)32(21)17-8-3-2-7-14-23-28-30-31-29-23/h4-6,11-12,15-16,19,21-22,33H,2-3,7-10,13-14,17-18H2,1H3,(H,28,29,30,31)/b16-15+/t19-,21?,22+/m0/s1. The van der Waals surface area contributed by atoms with Gasteiger partial charge in [0.25, 0.3) is 5.91 Å². The van der Waals surface area contributed by atoms with Gasteiger partial charge < -0.3 is 10.0 Å². The molecule has 1 aromatic carbocycles. The number of aliphatic hydroxyl groups is 1. The number of rotatable bonds is 14. The van der Waals surface area contributed by atoms with Gasteiger partial charge in [0.1, 0.15) is 0 Å². The third-order valence-corrected chi connectivity index (χ3v) is 6.46. The Labute approximate surface area is 199 Å². The number of aromatic nitrogens is 4. The minimum absolute atomic E-state index is 0.00485. The lowest BCUT2D eigenvalue weighted by atomic mass is 9.95. The summed E-state index contributed by atoms with van der Waals surface area (Å²) in [5.41, 5.74) is 1.26. The van der Waals surface area contributed by atoms with Crippen molar-refractivity contribution >= 4 is 5.91 Å². The van der Waals surface area contributed by atoms with Crippen molar-refractivity contribution in [3.63, 3.8) is 0 Å². The number of halogens is 2. The summed E-state index contributed by atoms with van der Waals surface area (Å²) in [5, 5.41) is 24.2. The van der Waals surface area contributed by atoms with E-state index in [4.69, 9.17) is 0 Å². The number of carbonyl (C=O) groups excluding carboxylic acids is 1. The SMILES string of the molecule is C[C@@H](CCCc1ccccc1)[C@H](O)/C=C/C1CC(F)(F)C(=O)N1CCCCCCc1nn[nH]n1. The van der Waals surface area contributed by atoms with Crippen LogP contribution in [0.4, 0.5) is 8.78 Å². The number of hydrogen-bond acceptors (Lipinski definition) is 5. The molecule has 2 heterocycles. The number of carbonyl (C=O) groups is 1. The molecule has 9 heteroatoms. The molecule has 0 spiro atoms. The molecular formula is C25H35F2N5O2. The first-order valence-corrected chi connectivity index (χ1v) is 12.2. The zero-order valence-electron chi connectivity index (χ0n) is 19.7. The number of nitrogens with zero attached hydrogens (tertiary/aromatic N) is 4. The van der Waals surface area contributed by atoms with Gasteiger partial charge in [-0.05, 0) is 43.6 Å². The second-order valence-corrected chi connectivity index (χ2v) is 9.20. The molecule has 3 rings (SSSR count). The number of alkyl halides is 2. The van der Waals surface area contributed by atoms with Gasteiger partial charge in [-0.3, -0.25) is 4.79 Å². The van der Waals surface area contributed by atoms with E-state index >= 15 is 0 Å². The lowest BCUT2D eigenvalue weighted by Gasteiger charge is -2.22. The van der Waals surface area contributed by atoms with Crippen LogP contribution in [-0.4, -0.2) is 61.2 Å². The molecule has 7 nitrogen and oxygen atoms in total. The highest BCUT2D eigenvalue weighted by Crippen LogP contribution is 2.34. The van der Waals surface area contributed by atoms with Gasteiger partial charge in [-0.15, -0.1) is 10.2 Å². The number of aryl methyl sites for hydroxylation is 2. The van der Waals surface area contributed by atoms with E-state index in [0.29, 0.717) is 18.7 Å². The topological polar surface area (TPSA) is 95.0 Å². The van der Waals surface area contributed by atoms with Crippen LogP contribution in [0.2, 0.25) is 0 Å². The van der Waals surface area contributed by atoms with Crippen LogP contribution in [0.5, 0.6) is 0 Å². The van der Waals surface area contributed by atoms with Crippen molar-refractivity contribution in [2.45, 2.75) is 82.8 Å². The number of likely N-dealkylation sites (tertiary alicyclic amines) is 1. The minimum atomic E-state index is -3.35. The molecule has 186 valence electrons. The molecule has 3 atom stereocenters. The molecule has 1 fully saturated rings. The van der Waals surface area contributed by atoms with Gasteiger partial charge in [0, 0.05) is 19.4 Å². The Morgan fingerprint density at radius 1 is 1.18 bits per heavy atom. The van der Waals surface area contributed by atoms with Crippen molar-refractivity contribution in [3.8, 4) is 0 Å². The number of aromatic amines is 1. The fourth-order valence-electron chi connectivity index (χ4n) is 4.34. The van der Waals surface area contributed by atoms with Crippen molar-refractivity contribution in [2.75, 3.05) is 6.54 Å². The van der Waals surface area contributed by atoms with Gasteiger partial charge in [0.2, 0.25) is 0 Å². The van der Waals surface area contributed by atoms with Crippen LogP contribution in [0.15, 0.2) is 42.5 Å². The molecule has 1 amide bonds. The molecule has 1 aliphatic rings. The van der Waals surface area contributed by atoms with Crippen LogP contribution in [-0.2, 0) is 17.6 Å². The molecular weight excluding hydrogens is 440 g/mol. The van der Waals surface area contributed by atoms with E-state index in [1.165, 1.54) is 10.5 Å². The van der Waals surface area contributed by atoms with Gasteiger partial charge in [0.05, 0.1) is 12.1 Å². The first kappa shape index (κ1) is 25.9. The smallest absolute Gasteiger partial charge is 0.327 e. The highest BCUT2D eigenvalue weighted by atomic mass is 19.3. The van der Waals surface area contributed by atoms with E-state index in [0.717, 1.165) is 38.5 Å². The summed E-state index contributed by atoms with van der Waals surface area (Å²) in [5.74, 6) is -3.79. The average Bonchev–Trinajstić information content (AvgIpc) is 3.42. The number of nitrogens with one attached hydrogen (secondary N) is 1. The normalized spacial score (nSPS) is 19.7. The zero-order chi connectivity index (χ0) is 24.4. The Morgan fingerprint density at radius 2 is 1.94 bits per heavy atom. The van der Waals surface area contributed by atoms with Gasteiger partial charge in [-0.1, -0.05) is 67.5 Å². The molecule has 0 bridgehead atoms. The summed E-state index contributed by atoms with van der Waals surface area (Å²) in [4.78, 5) is 13.5. The fourth-order valence-corrected chi connectivity index (χ4v) is 4.34. The van der Waals surface area contributed by atoms with E-state index in [1.54, 1.807) is 12.2 Å². The van der Waals surface area contributed by atoms with Gasteiger partial charge in [-0.2, -0.15) is 14.0 Å². The molecule has 1 aliphatic heterocycles. The van der Waals surface area contributed by atoms with Crippen LogP contribution in [0.25, 0.3) is 0 Å². The summed E-state index contributed by atoms with van der Waals surface area (Å²) in [7, 11) is 0. The highest BCUT2D eigenvalue weighted by molar-refractivity contribution is 5.86. The Balaban J connectivity index is 1.42. The number of unbranched alkanes of at least 4 members (excludes halogenated alkanes) is 3. The van der Waals surface area contributed by atoms with Gasteiger partial charge in [-0.25, -0.2) is 0 Å². The van der Waals surface area contributed by atoms with Crippen molar-refractivity contribution in [1.82, 2.24) is 25.5 Å². The first-order chi connectivity index (χ1) is 16.4. The average molecular weight is 476 g/mol. The fraction of sp³-hybridized carbons (Fsp3) is 0.600. The van der Waals surface area contributed by atoms with Crippen molar-refractivity contribution in [1.29, 1.82) is 0 Å². The van der Waals surface area contributed by atoms with Gasteiger partial charge in [0.15, 0.2) is 5.82 Å². The molecule has 1 saturated heterocycles. The van der Waals surface area contributed by atoms with E-state index in [9.17, 15) is 18.7 Å². The summed E-state index contributed by atoms with van der Waals surface area (Å²) in [6, 6.07) is 9.49. The summed E-state index contributed by atoms with van der Waals surface area (Å²) in [6.07, 6.45) is 8.58. The Kier molecular flexibility index (Phi) is 9.68. The zero-order valence-corrected chi connectivity index (χ0v) is 19.7. The summed E-state index contributed by atoms with van der Waals surface area (Å²) >= 11 is 0. The number of tetrazole rings is 1. The molecule has 2 N–H and O–H groups in total. The van der Waals surface area contributed by atoms with Crippen LogP contribution < -0.4 is 0 Å². The van der Waals surface area contributed by atoms with Crippen LogP contribution in [0.3, 0.4) is 0 Å². The van der Waals surface area contributed by atoms with E-state index in [1.807, 2.05) is 25.1 Å². The molecule has 0 saturated carbocycles. The molecule has 0 radical (unpaired) electrons. The predicted octanol–water partition coefficient (Wildman–Crippen LogP) is 4.11. The van der Waals surface area contributed by atoms with Crippen LogP contribution in [0.1, 0.15) is 63.3 Å². The van der Waals surface area contributed by atoms with Crippen molar-refractivity contribution in [2.24, 2.45) is 5.92 Å². The number of H-pyrrole nitrogens is 1. The maximum atomic E-state index is 14.1. The van der Waals surface area contributed by atoms with E-state index in [2.05, 4.69) is 32.8 Å². The van der Waals surface area contributed by atoms with Crippen LogP contribution in [0, 0.1) is 5.92 Å². The second kappa shape index (κ2) is 12.7. The Hall–Kier alpha value is -2.68. The Bertz CT molecular complexity index is 892. The first-order valence-electron chi connectivity index (χ1n) is 12.2. The lowest BCUT2D eigenvalue weighted by Crippen LogP contribution is -2.36. The molecule has 1 aromatic heterocycles. The second-order valence-electron chi connectivity index (χ2n) is 9.20. The number of benzene rings is 1. The number of aliphatic hydroxyl groups excluding tert-OH is 1. The monoisotopic (exact) mass is 475 g/mol. The van der Waals surface area contributed by atoms with Crippen molar-refractivity contribution < 1.29 is 18.7 Å². The molecule has 2 aromatic rings. The van der Waals surface area contributed by atoms with Crippen LogP contribution >= 0.6 is 0 Å². The quantitative estimate of drug-likeness (QED) is 0.317.